The van der Waals surface area contributed by atoms with Crippen LogP contribution >= 0.6 is 23.2 Å². The van der Waals surface area contributed by atoms with Crippen LogP contribution in [0, 0.1) is 0 Å². The number of fused-ring (bicyclic) bond motifs is 1. The molecule has 0 aliphatic heterocycles. The highest BCUT2D eigenvalue weighted by molar-refractivity contribution is 6.39. The Hall–Kier alpha value is -3.87. The van der Waals surface area contributed by atoms with E-state index in [1.807, 2.05) is 42.5 Å². The molecule has 8 heteroatoms. The van der Waals surface area contributed by atoms with E-state index in [9.17, 15) is 4.79 Å². The van der Waals surface area contributed by atoms with Gasteiger partial charge in [-0.05, 0) is 66.4 Å². The average Bonchev–Trinajstić information content (AvgIpc) is 3.28. The van der Waals surface area contributed by atoms with Crippen LogP contribution in [0.3, 0.4) is 0 Å². The van der Waals surface area contributed by atoms with Crippen molar-refractivity contribution >= 4 is 40.1 Å². The number of halogens is 2. The monoisotopic (exact) mass is 544 g/mol. The normalized spacial score (nSPS) is 13.4. The number of carboxylic acid groups (broad SMARTS) is 1. The summed E-state index contributed by atoms with van der Waals surface area (Å²) in [4.78, 5) is 15.4. The first-order chi connectivity index (χ1) is 18.5. The molecule has 2 aromatic heterocycles. The Morgan fingerprint density at radius 3 is 2.39 bits per heavy atom. The number of rotatable bonds is 7. The molecule has 0 atom stereocenters. The summed E-state index contributed by atoms with van der Waals surface area (Å²) in [7, 11) is 0. The van der Waals surface area contributed by atoms with Gasteiger partial charge in [0.1, 0.15) is 29.5 Å². The second kappa shape index (κ2) is 10.1. The molecular formula is C30H22Cl2N2O4. The summed E-state index contributed by atoms with van der Waals surface area (Å²) in [5, 5.41) is 15.4. The van der Waals surface area contributed by atoms with Gasteiger partial charge < -0.3 is 14.4 Å². The van der Waals surface area contributed by atoms with Gasteiger partial charge in [-0.25, -0.2) is 9.78 Å². The molecule has 0 radical (unpaired) electrons. The zero-order valence-electron chi connectivity index (χ0n) is 20.2. The maximum Gasteiger partial charge on any atom is 0.354 e. The van der Waals surface area contributed by atoms with Crippen LogP contribution in [0.1, 0.15) is 47.0 Å². The van der Waals surface area contributed by atoms with Crippen LogP contribution in [0.25, 0.3) is 33.3 Å². The minimum Gasteiger partial charge on any atom is -0.489 e. The van der Waals surface area contributed by atoms with Crippen LogP contribution in [0.15, 0.2) is 77.3 Å². The highest BCUT2D eigenvalue weighted by Gasteiger charge is 2.30. The van der Waals surface area contributed by atoms with Crippen molar-refractivity contribution in [2.75, 3.05) is 0 Å². The van der Waals surface area contributed by atoms with E-state index in [-0.39, 0.29) is 12.3 Å². The minimum atomic E-state index is -1.04. The van der Waals surface area contributed by atoms with E-state index in [1.54, 1.807) is 24.3 Å². The molecule has 0 spiro atoms. The number of aromatic nitrogens is 2. The van der Waals surface area contributed by atoms with Crippen molar-refractivity contribution in [3.05, 3.63) is 99.9 Å². The molecule has 5 aromatic rings. The number of hydrogen-bond donors (Lipinski definition) is 1. The second-order valence-corrected chi connectivity index (χ2v) is 10.1. The smallest absolute Gasteiger partial charge is 0.354 e. The molecule has 1 aliphatic carbocycles. The first-order valence-electron chi connectivity index (χ1n) is 12.3. The van der Waals surface area contributed by atoms with Gasteiger partial charge in [0.2, 0.25) is 0 Å². The van der Waals surface area contributed by atoms with Crippen LogP contribution in [-0.2, 0) is 6.61 Å². The molecule has 3 aromatic carbocycles. The summed E-state index contributed by atoms with van der Waals surface area (Å²) in [6.07, 6.45) is 3.29. The molecule has 1 saturated carbocycles. The summed E-state index contributed by atoms with van der Waals surface area (Å²) >= 11 is 13.0. The van der Waals surface area contributed by atoms with Crippen LogP contribution in [0.5, 0.6) is 5.75 Å². The summed E-state index contributed by atoms with van der Waals surface area (Å²) in [6, 6.07) is 22.2. The molecule has 190 valence electrons. The Kier molecular flexibility index (Phi) is 6.52. The van der Waals surface area contributed by atoms with Crippen molar-refractivity contribution in [3.8, 4) is 28.1 Å². The van der Waals surface area contributed by atoms with Crippen molar-refractivity contribution in [2.45, 2.75) is 31.8 Å². The van der Waals surface area contributed by atoms with Gasteiger partial charge in [-0.2, -0.15) is 0 Å². The molecule has 1 fully saturated rings. The van der Waals surface area contributed by atoms with E-state index in [1.165, 1.54) is 12.5 Å². The van der Waals surface area contributed by atoms with E-state index in [0.717, 1.165) is 40.7 Å². The van der Waals surface area contributed by atoms with E-state index in [4.69, 9.17) is 37.6 Å². The maximum absolute atomic E-state index is 11.2. The molecule has 6 rings (SSSR count). The summed E-state index contributed by atoms with van der Waals surface area (Å²) < 4.78 is 12.0. The third-order valence-corrected chi connectivity index (χ3v) is 7.60. The van der Waals surface area contributed by atoms with Crippen molar-refractivity contribution < 1.29 is 19.2 Å². The molecular weight excluding hydrogens is 523 g/mol. The Morgan fingerprint density at radius 2 is 1.71 bits per heavy atom. The molecule has 1 N–H and O–H groups in total. The fourth-order valence-electron chi connectivity index (χ4n) is 4.70. The summed E-state index contributed by atoms with van der Waals surface area (Å²) in [5.74, 6) is 0.834. The van der Waals surface area contributed by atoms with Crippen molar-refractivity contribution in [1.29, 1.82) is 0 Å². The number of hydrogen-bond acceptors (Lipinski definition) is 5. The van der Waals surface area contributed by atoms with Crippen LogP contribution in [-0.4, -0.2) is 21.2 Å². The van der Waals surface area contributed by atoms with Crippen molar-refractivity contribution in [2.24, 2.45) is 0 Å². The van der Waals surface area contributed by atoms with Gasteiger partial charge in [0.05, 0.1) is 21.1 Å². The zero-order valence-corrected chi connectivity index (χ0v) is 21.7. The van der Waals surface area contributed by atoms with E-state index >= 15 is 0 Å². The highest BCUT2D eigenvalue weighted by atomic mass is 35.5. The van der Waals surface area contributed by atoms with Gasteiger partial charge in [-0.15, -0.1) is 0 Å². The van der Waals surface area contributed by atoms with E-state index < -0.39 is 5.97 Å². The van der Waals surface area contributed by atoms with Gasteiger partial charge >= 0.3 is 5.97 Å². The fraction of sp³-hybridized carbons (Fsp3) is 0.167. The lowest BCUT2D eigenvalue weighted by molar-refractivity contribution is 0.0691. The van der Waals surface area contributed by atoms with Gasteiger partial charge in [0.15, 0.2) is 0 Å². The van der Waals surface area contributed by atoms with Crippen LogP contribution in [0.4, 0.5) is 0 Å². The number of nitrogens with zero attached hydrogens (tertiary/aromatic N) is 2. The molecule has 0 saturated heterocycles. The van der Waals surface area contributed by atoms with Gasteiger partial charge in [0, 0.05) is 16.9 Å². The zero-order chi connectivity index (χ0) is 26.2. The Labute approximate surface area is 228 Å². The molecule has 38 heavy (non-hydrogen) atoms. The Balaban J connectivity index is 1.24. The van der Waals surface area contributed by atoms with Gasteiger partial charge in [-0.3, -0.25) is 0 Å². The Morgan fingerprint density at radius 1 is 0.974 bits per heavy atom. The standard InChI is InChI=1S/C30H22Cl2N2O4/c31-23-5-2-6-24(32)27(23)28-22(29(38-34-28)18-3-1-4-18)16-37-21-11-7-17(8-12-21)19-9-13-25-20(15-19)10-14-26(33-25)30(35)36/h2,5-15,18H,1,3-4,16H2,(H,35,36). The first-order valence-corrected chi connectivity index (χ1v) is 13.0. The SMILES string of the molecule is O=C(O)c1ccc2cc(-c3ccc(OCc4c(-c5c(Cl)cccc5Cl)noc4C4CCC4)cc3)ccc2n1. The second-order valence-electron chi connectivity index (χ2n) is 9.32. The van der Waals surface area contributed by atoms with Crippen LogP contribution in [0.2, 0.25) is 10.0 Å². The lowest BCUT2D eigenvalue weighted by Gasteiger charge is -2.23. The van der Waals surface area contributed by atoms with Crippen molar-refractivity contribution in [3.63, 3.8) is 0 Å². The van der Waals surface area contributed by atoms with E-state index in [0.29, 0.717) is 38.5 Å². The lowest BCUT2D eigenvalue weighted by Crippen LogP contribution is -2.11. The predicted molar refractivity (Wildman–Crippen MR) is 147 cm³/mol. The number of benzene rings is 3. The molecule has 0 unspecified atom stereocenters. The third kappa shape index (κ3) is 4.62. The van der Waals surface area contributed by atoms with Gasteiger partial charge in [-0.1, -0.05) is 65.1 Å². The number of carbonyl (C=O) groups is 1. The van der Waals surface area contributed by atoms with Crippen molar-refractivity contribution in [1.82, 2.24) is 10.1 Å². The average molecular weight is 545 g/mol. The number of carboxylic acids is 1. The number of pyridine rings is 1. The fourth-order valence-corrected chi connectivity index (χ4v) is 5.27. The quantitative estimate of drug-likeness (QED) is 0.221. The van der Waals surface area contributed by atoms with E-state index in [2.05, 4.69) is 10.1 Å². The molecule has 2 heterocycles. The number of ether oxygens (including phenoxy) is 1. The summed E-state index contributed by atoms with van der Waals surface area (Å²) in [6.45, 7) is 0.277. The highest BCUT2D eigenvalue weighted by Crippen LogP contribution is 2.43. The third-order valence-electron chi connectivity index (χ3n) is 6.97. The minimum absolute atomic E-state index is 0.0278. The molecule has 0 amide bonds. The molecule has 0 bridgehead atoms. The lowest BCUT2D eigenvalue weighted by atomic mass is 9.81. The number of aromatic carboxylic acids is 1. The molecule has 6 nitrogen and oxygen atoms in total. The topological polar surface area (TPSA) is 85.5 Å². The predicted octanol–water partition coefficient (Wildman–Crippen LogP) is 8.41. The largest absolute Gasteiger partial charge is 0.489 e. The van der Waals surface area contributed by atoms with Crippen LogP contribution < -0.4 is 4.74 Å². The van der Waals surface area contributed by atoms with Gasteiger partial charge in [0.25, 0.3) is 0 Å². The summed E-state index contributed by atoms with van der Waals surface area (Å²) in [5.41, 5.74) is 4.81. The molecule has 1 aliphatic rings. The first kappa shape index (κ1) is 24.5. The maximum atomic E-state index is 11.2. The Bertz CT molecular complexity index is 1640.